The minimum Gasteiger partial charge on any atom is -0.480 e. The number of nitrogens with zero attached hydrogens (tertiary/aromatic N) is 2. The number of carboxylic acid groups (broad SMARTS) is 1. The fourth-order valence-corrected chi connectivity index (χ4v) is 1.01. The fourth-order valence-electron chi connectivity index (χ4n) is 1.01. The molecule has 0 aromatic heterocycles. The highest BCUT2D eigenvalue weighted by atomic mass is 16.4. The molecule has 0 aliphatic carbocycles. The fraction of sp³-hybridized carbons (Fsp3) is 0.727. The smallest absolute Gasteiger partial charge is 0.329 e. The predicted octanol–water partition coefficient (Wildman–Crippen LogP) is -0.238. The van der Waals surface area contributed by atoms with E-state index in [2.05, 4.69) is 10.6 Å². The van der Waals surface area contributed by atoms with E-state index in [9.17, 15) is 14.4 Å². The van der Waals surface area contributed by atoms with E-state index in [0.29, 0.717) is 0 Å². The molecule has 0 heterocycles. The molecule has 3 N–H and O–H groups in total. The zero-order valence-electron chi connectivity index (χ0n) is 12.0. The van der Waals surface area contributed by atoms with Crippen molar-refractivity contribution >= 4 is 18.0 Å². The number of hydrogen-bond donors (Lipinski definition) is 3. The van der Waals surface area contributed by atoms with E-state index in [1.807, 2.05) is 0 Å². The lowest BCUT2D eigenvalue weighted by Gasteiger charge is -2.31. The molecule has 0 aromatic rings. The first-order chi connectivity index (χ1) is 8.60. The monoisotopic (exact) mass is 274 g/mol. The molecule has 0 aromatic carbocycles. The van der Waals surface area contributed by atoms with Gasteiger partial charge in [0.05, 0.1) is 0 Å². The zero-order chi connectivity index (χ0) is 15.2. The summed E-state index contributed by atoms with van der Waals surface area (Å²) in [5.41, 5.74) is -1.29. The first kappa shape index (κ1) is 17.0. The van der Waals surface area contributed by atoms with Crippen LogP contribution in [0.4, 0.5) is 9.59 Å². The van der Waals surface area contributed by atoms with Crippen molar-refractivity contribution in [3.05, 3.63) is 0 Å². The van der Waals surface area contributed by atoms with Gasteiger partial charge in [-0.05, 0) is 13.8 Å². The molecule has 0 aliphatic heterocycles. The molecule has 19 heavy (non-hydrogen) atoms. The largest absolute Gasteiger partial charge is 0.480 e. The number of amides is 4. The van der Waals surface area contributed by atoms with Gasteiger partial charge in [-0.1, -0.05) is 0 Å². The highest BCUT2D eigenvalue weighted by Crippen LogP contribution is 2.11. The minimum atomic E-state index is -1.29. The summed E-state index contributed by atoms with van der Waals surface area (Å²) in [6.45, 7) is 3.36. The van der Waals surface area contributed by atoms with Gasteiger partial charge in [0.15, 0.2) is 0 Å². The maximum Gasteiger partial charge on any atom is 0.329 e. The molecule has 110 valence electrons. The highest BCUT2D eigenvalue weighted by molar-refractivity contribution is 5.85. The number of rotatable bonds is 5. The topological polar surface area (TPSA) is 102 Å². The van der Waals surface area contributed by atoms with E-state index in [-0.39, 0.29) is 19.1 Å². The number of likely N-dealkylation sites (N-methyl/N-ethyl adjacent to an activating group) is 1. The number of urea groups is 2. The third-order valence-electron chi connectivity index (χ3n) is 2.75. The molecule has 8 nitrogen and oxygen atoms in total. The molecule has 0 atom stereocenters. The Kier molecular flexibility index (Phi) is 6.10. The Morgan fingerprint density at radius 1 is 1.00 bits per heavy atom. The van der Waals surface area contributed by atoms with E-state index in [1.165, 1.54) is 25.8 Å². The predicted molar refractivity (Wildman–Crippen MR) is 70.0 cm³/mol. The van der Waals surface area contributed by atoms with Gasteiger partial charge in [0.25, 0.3) is 0 Å². The maximum absolute atomic E-state index is 11.7. The van der Waals surface area contributed by atoms with Crippen molar-refractivity contribution in [2.45, 2.75) is 19.4 Å². The molecule has 0 rings (SSSR count). The molecule has 8 heteroatoms. The quantitative estimate of drug-likeness (QED) is 0.602. The average molecular weight is 274 g/mol. The molecular weight excluding hydrogens is 252 g/mol. The van der Waals surface area contributed by atoms with Gasteiger partial charge in [0, 0.05) is 34.2 Å². The normalized spacial score (nSPS) is 10.6. The summed E-state index contributed by atoms with van der Waals surface area (Å²) in [5, 5.41) is 14.1. The molecule has 0 unspecified atom stereocenters. The molecule has 0 saturated heterocycles. The Bertz CT molecular complexity index is 355. The van der Waals surface area contributed by atoms with Crippen LogP contribution in [0.25, 0.3) is 0 Å². The first-order valence-electron chi connectivity index (χ1n) is 5.81. The van der Waals surface area contributed by atoms with Gasteiger partial charge in [-0.15, -0.1) is 0 Å². The van der Waals surface area contributed by atoms with Crippen LogP contribution in [0.5, 0.6) is 0 Å². The number of nitrogens with one attached hydrogen (secondary N) is 2. The molecule has 0 aliphatic rings. The molecule has 0 bridgehead atoms. The van der Waals surface area contributed by atoms with Crippen LogP contribution in [0.3, 0.4) is 0 Å². The molecule has 0 saturated carbocycles. The molecule has 4 amide bonds. The maximum atomic E-state index is 11.7. The number of carbonyl (C=O) groups is 3. The minimum absolute atomic E-state index is 0.221. The second-order valence-electron chi connectivity index (χ2n) is 4.78. The summed E-state index contributed by atoms with van der Waals surface area (Å²) in [7, 11) is 4.62. The Morgan fingerprint density at radius 2 is 1.42 bits per heavy atom. The Hall–Kier alpha value is -1.99. The standard InChI is InChI=1S/C11H22N4O4/c1-11(2,8(16)17)15(5)10(19)13-7-6-12-9(18)14(3)4/h6-7H2,1-5H3,(H,12,18)(H,13,19)(H,16,17). The third-order valence-corrected chi connectivity index (χ3v) is 2.75. The van der Waals surface area contributed by atoms with Crippen LogP contribution in [-0.4, -0.2) is 72.7 Å². The van der Waals surface area contributed by atoms with Crippen LogP contribution in [-0.2, 0) is 4.79 Å². The lowest BCUT2D eigenvalue weighted by molar-refractivity contribution is -0.146. The second kappa shape index (κ2) is 6.81. The van der Waals surface area contributed by atoms with Gasteiger partial charge in [0.1, 0.15) is 5.54 Å². The van der Waals surface area contributed by atoms with Crippen LogP contribution in [0.1, 0.15) is 13.8 Å². The van der Waals surface area contributed by atoms with Crippen LogP contribution in [0.2, 0.25) is 0 Å². The van der Waals surface area contributed by atoms with Crippen LogP contribution >= 0.6 is 0 Å². The second-order valence-corrected chi connectivity index (χ2v) is 4.78. The SMILES string of the molecule is CN(C)C(=O)NCCNC(=O)N(C)C(C)(C)C(=O)O. The lowest BCUT2D eigenvalue weighted by Crippen LogP contribution is -2.54. The number of aliphatic carboxylic acids is 1. The molecular formula is C11H22N4O4. The number of carbonyl (C=O) groups excluding carboxylic acids is 2. The summed E-state index contributed by atoms with van der Waals surface area (Å²) >= 11 is 0. The van der Waals surface area contributed by atoms with Gasteiger partial charge in [0.2, 0.25) is 0 Å². The lowest BCUT2D eigenvalue weighted by atomic mass is 10.1. The summed E-state index contributed by atoms with van der Waals surface area (Å²) in [6.07, 6.45) is 0. The van der Waals surface area contributed by atoms with Crippen molar-refractivity contribution < 1.29 is 19.5 Å². The van der Waals surface area contributed by atoms with E-state index >= 15 is 0 Å². The van der Waals surface area contributed by atoms with Gasteiger partial charge < -0.3 is 25.5 Å². The van der Waals surface area contributed by atoms with Gasteiger partial charge in [-0.3, -0.25) is 0 Å². The molecule has 0 fully saturated rings. The van der Waals surface area contributed by atoms with Crippen LogP contribution in [0.15, 0.2) is 0 Å². The molecule has 0 spiro atoms. The van der Waals surface area contributed by atoms with E-state index in [4.69, 9.17) is 5.11 Å². The van der Waals surface area contributed by atoms with Crippen LogP contribution in [0, 0.1) is 0 Å². The van der Waals surface area contributed by atoms with Crippen molar-refractivity contribution in [3.8, 4) is 0 Å². The van der Waals surface area contributed by atoms with Gasteiger partial charge in [-0.25, -0.2) is 14.4 Å². The van der Waals surface area contributed by atoms with E-state index in [0.717, 1.165) is 4.90 Å². The van der Waals surface area contributed by atoms with Crippen molar-refractivity contribution in [2.24, 2.45) is 0 Å². The van der Waals surface area contributed by atoms with Gasteiger partial charge >= 0.3 is 18.0 Å². The van der Waals surface area contributed by atoms with E-state index < -0.39 is 17.5 Å². The summed E-state index contributed by atoms with van der Waals surface area (Å²) < 4.78 is 0. The Balaban J connectivity index is 4.13. The summed E-state index contributed by atoms with van der Waals surface area (Å²) in [4.78, 5) is 36.3. The highest BCUT2D eigenvalue weighted by Gasteiger charge is 2.34. The number of hydrogen-bond acceptors (Lipinski definition) is 3. The summed E-state index contributed by atoms with van der Waals surface area (Å²) in [6, 6.07) is -0.764. The third kappa shape index (κ3) is 5.02. The van der Waals surface area contributed by atoms with Crippen molar-refractivity contribution in [3.63, 3.8) is 0 Å². The molecule has 0 radical (unpaired) electrons. The van der Waals surface area contributed by atoms with Gasteiger partial charge in [-0.2, -0.15) is 0 Å². The first-order valence-corrected chi connectivity index (χ1v) is 5.81. The average Bonchev–Trinajstić information content (AvgIpc) is 2.32. The van der Waals surface area contributed by atoms with Crippen molar-refractivity contribution in [1.29, 1.82) is 0 Å². The van der Waals surface area contributed by atoms with Crippen LogP contribution < -0.4 is 10.6 Å². The van der Waals surface area contributed by atoms with E-state index in [1.54, 1.807) is 14.1 Å². The number of carboxylic acids is 1. The Labute approximate surface area is 112 Å². The Morgan fingerprint density at radius 3 is 1.79 bits per heavy atom. The zero-order valence-corrected chi connectivity index (χ0v) is 12.0. The summed E-state index contributed by atoms with van der Waals surface area (Å²) in [5.74, 6) is -1.09. The van der Waals surface area contributed by atoms with Crippen molar-refractivity contribution in [2.75, 3.05) is 34.2 Å². The van der Waals surface area contributed by atoms with Crippen molar-refractivity contribution in [1.82, 2.24) is 20.4 Å².